The lowest BCUT2D eigenvalue weighted by molar-refractivity contribution is 0.0926. The summed E-state index contributed by atoms with van der Waals surface area (Å²) < 4.78 is 2.22. The number of carbonyl (C=O) groups excluding carboxylic acids is 2. The first-order valence-corrected chi connectivity index (χ1v) is 18.1. The molecule has 1 aliphatic rings. The highest BCUT2D eigenvalue weighted by molar-refractivity contribution is 6.37. The van der Waals surface area contributed by atoms with Crippen molar-refractivity contribution in [2.45, 2.75) is 0 Å². The van der Waals surface area contributed by atoms with Crippen molar-refractivity contribution in [1.29, 1.82) is 0 Å². The van der Waals surface area contributed by atoms with Crippen molar-refractivity contribution < 1.29 is 9.59 Å². The molecule has 0 fully saturated rings. The molecule has 0 radical (unpaired) electrons. The fourth-order valence-corrected chi connectivity index (χ4v) is 8.22. The Hall–Kier alpha value is -7.30. The number of nitrogens with zero attached hydrogens (tertiary/aromatic N) is 2. The minimum absolute atomic E-state index is 0.341. The summed E-state index contributed by atoms with van der Waals surface area (Å²) in [6.07, 6.45) is 0. The lowest BCUT2D eigenvalue weighted by Gasteiger charge is -2.22. The van der Waals surface area contributed by atoms with E-state index in [1.807, 2.05) is 109 Å². The highest BCUT2D eigenvalue weighted by atomic mass is 16.2. The Balaban J connectivity index is 1.26. The standard InChI is InChI=1S/C50H32N2O2/c53-49-42-30-16-32-44(46(42)50(54)52(49)43-31-15-25-37(33-17-5-1-6-18-33)45(43)36-23-11-4-12-24-36)51-47-38(34-19-7-2-8-20-34)26-13-28-40(47)41-29-14-27-39(48(41)51)35-21-9-3-10-22-35/h1-32H. The third-order valence-electron chi connectivity index (χ3n) is 10.5. The molecule has 0 unspecified atom stereocenters. The van der Waals surface area contributed by atoms with Crippen LogP contribution in [0.25, 0.3) is 72.0 Å². The number of hydrogen-bond acceptors (Lipinski definition) is 2. The average molecular weight is 693 g/mol. The predicted molar refractivity (Wildman–Crippen MR) is 220 cm³/mol. The van der Waals surface area contributed by atoms with Crippen LogP contribution in [0, 0.1) is 0 Å². The van der Waals surface area contributed by atoms with E-state index in [9.17, 15) is 4.79 Å². The normalized spacial score (nSPS) is 12.5. The van der Waals surface area contributed by atoms with E-state index >= 15 is 4.79 Å². The van der Waals surface area contributed by atoms with Crippen LogP contribution in [-0.4, -0.2) is 16.4 Å². The Bertz CT molecular complexity index is 2800. The molecule has 0 aliphatic carbocycles. The molecular weight excluding hydrogens is 661 g/mol. The van der Waals surface area contributed by atoms with Gasteiger partial charge in [-0.1, -0.05) is 176 Å². The predicted octanol–water partition coefficient (Wildman–Crippen LogP) is 12.3. The van der Waals surface area contributed by atoms with Gasteiger partial charge in [-0.25, -0.2) is 4.90 Å². The molecule has 0 atom stereocenters. The van der Waals surface area contributed by atoms with Gasteiger partial charge in [0.1, 0.15) is 0 Å². The SMILES string of the molecule is O=C1c2cccc(-n3c4c(-c5ccccc5)cccc4c4cccc(-c5ccccc5)c43)c2C(=O)N1c1cccc(-c2ccccc2)c1-c1ccccc1. The summed E-state index contributed by atoms with van der Waals surface area (Å²) >= 11 is 0. The molecule has 0 bridgehead atoms. The van der Waals surface area contributed by atoms with Crippen molar-refractivity contribution in [3.63, 3.8) is 0 Å². The maximum atomic E-state index is 15.2. The molecule has 9 aromatic rings. The Morgan fingerprint density at radius 3 is 1.22 bits per heavy atom. The zero-order valence-corrected chi connectivity index (χ0v) is 29.2. The van der Waals surface area contributed by atoms with Gasteiger partial charge in [-0.05, 0) is 46.0 Å². The number of amides is 2. The van der Waals surface area contributed by atoms with Crippen LogP contribution in [0.1, 0.15) is 20.7 Å². The summed E-state index contributed by atoms with van der Waals surface area (Å²) in [5, 5.41) is 2.13. The van der Waals surface area contributed by atoms with Gasteiger partial charge in [0.05, 0.1) is 33.5 Å². The summed E-state index contributed by atoms with van der Waals surface area (Å²) in [7, 11) is 0. The number of hydrogen-bond donors (Lipinski definition) is 0. The second-order valence-corrected chi connectivity index (χ2v) is 13.5. The van der Waals surface area contributed by atoms with Gasteiger partial charge in [-0.15, -0.1) is 0 Å². The number of rotatable bonds is 6. The summed E-state index contributed by atoms with van der Waals surface area (Å²) in [6, 6.07) is 65.1. The molecule has 8 aromatic carbocycles. The molecule has 0 saturated heterocycles. The smallest absolute Gasteiger partial charge is 0.268 e. The van der Waals surface area contributed by atoms with Crippen molar-refractivity contribution in [2.75, 3.05) is 4.90 Å². The fourth-order valence-electron chi connectivity index (χ4n) is 8.22. The van der Waals surface area contributed by atoms with Crippen molar-refractivity contribution in [1.82, 2.24) is 4.57 Å². The number of fused-ring (bicyclic) bond motifs is 4. The number of anilines is 1. The van der Waals surface area contributed by atoms with Gasteiger partial charge in [0.15, 0.2) is 0 Å². The van der Waals surface area contributed by atoms with Crippen LogP contribution in [-0.2, 0) is 0 Å². The molecule has 2 amide bonds. The summed E-state index contributed by atoms with van der Waals surface area (Å²) in [5.41, 5.74) is 11.8. The van der Waals surface area contributed by atoms with E-state index in [0.29, 0.717) is 22.5 Å². The van der Waals surface area contributed by atoms with E-state index in [2.05, 4.69) is 83.4 Å². The Labute approximate surface area is 312 Å². The van der Waals surface area contributed by atoms with Crippen LogP contribution >= 0.6 is 0 Å². The molecule has 4 nitrogen and oxygen atoms in total. The van der Waals surface area contributed by atoms with Crippen LogP contribution in [0.5, 0.6) is 0 Å². The van der Waals surface area contributed by atoms with Crippen LogP contribution in [0.15, 0.2) is 194 Å². The average Bonchev–Trinajstić information content (AvgIpc) is 3.72. The first kappa shape index (κ1) is 31.4. The van der Waals surface area contributed by atoms with E-state index in [1.54, 1.807) is 6.07 Å². The van der Waals surface area contributed by atoms with Crippen molar-refractivity contribution in [3.8, 4) is 50.2 Å². The van der Waals surface area contributed by atoms with E-state index in [-0.39, 0.29) is 11.8 Å². The van der Waals surface area contributed by atoms with Crippen LogP contribution < -0.4 is 4.90 Å². The second kappa shape index (κ2) is 12.7. The lowest BCUT2D eigenvalue weighted by atomic mass is 9.92. The fraction of sp³-hybridized carbons (Fsp3) is 0. The van der Waals surface area contributed by atoms with Crippen LogP contribution in [0.4, 0.5) is 5.69 Å². The summed E-state index contributed by atoms with van der Waals surface area (Å²) in [6.45, 7) is 0. The quantitative estimate of drug-likeness (QED) is 0.163. The van der Waals surface area contributed by atoms with Gasteiger partial charge in [0, 0.05) is 27.5 Å². The third-order valence-corrected chi connectivity index (χ3v) is 10.5. The molecule has 54 heavy (non-hydrogen) atoms. The minimum atomic E-state index is -0.350. The van der Waals surface area contributed by atoms with Gasteiger partial charge in [-0.3, -0.25) is 9.59 Å². The van der Waals surface area contributed by atoms with Crippen molar-refractivity contribution in [3.05, 3.63) is 205 Å². The topological polar surface area (TPSA) is 42.3 Å². The molecule has 1 aromatic heterocycles. The molecule has 4 heteroatoms. The number of benzene rings is 8. The van der Waals surface area contributed by atoms with Crippen molar-refractivity contribution >= 4 is 39.3 Å². The highest BCUT2D eigenvalue weighted by Gasteiger charge is 2.41. The molecular formula is C50H32N2O2. The first-order chi connectivity index (χ1) is 26.7. The van der Waals surface area contributed by atoms with Gasteiger partial charge in [0.25, 0.3) is 11.8 Å². The first-order valence-electron chi connectivity index (χ1n) is 18.1. The van der Waals surface area contributed by atoms with Crippen LogP contribution in [0.2, 0.25) is 0 Å². The largest absolute Gasteiger partial charge is 0.307 e. The molecule has 0 spiro atoms. The van der Waals surface area contributed by atoms with E-state index in [0.717, 1.165) is 66.3 Å². The molecule has 254 valence electrons. The van der Waals surface area contributed by atoms with E-state index < -0.39 is 0 Å². The lowest BCUT2D eigenvalue weighted by Crippen LogP contribution is -2.30. The molecule has 10 rings (SSSR count). The minimum Gasteiger partial charge on any atom is -0.307 e. The zero-order chi connectivity index (χ0) is 36.2. The molecule has 0 N–H and O–H groups in total. The number of carbonyl (C=O) groups is 2. The Kier molecular flexibility index (Phi) is 7.41. The van der Waals surface area contributed by atoms with Gasteiger partial charge < -0.3 is 4.57 Å². The third kappa shape index (κ3) is 4.85. The number of para-hydroxylation sites is 2. The summed E-state index contributed by atoms with van der Waals surface area (Å²) in [4.78, 5) is 31.4. The Morgan fingerprint density at radius 1 is 0.296 bits per heavy atom. The monoisotopic (exact) mass is 692 g/mol. The molecule has 2 heterocycles. The van der Waals surface area contributed by atoms with Gasteiger partial charge in [0.2, 0.25) is 0 Å². The van der Waals surface area contributed by atoms with Gasteiger partial charge in [-0.2, -0.15) is 0 Å². The maximum Gasteiger partial charge on any atom is 0.268 e. The second-order valence-electron chi connectivity index (χ2n) is 13.5. The molecule has 0 saturated carbocycles. The Morgan fingerprint density at radius 2 is 0.704 bits per heavy atom. The maximum absolute atomic E-state index is 15.2. The molecule has 1 aliphatic heterocycles. The van der Waals surface area contributed by atoms with E-state index in [1.165, 1.54) is 4.90 Å². The number of aromatic nitrogens is 1. The van der Waals surface area contributed by atoms with E-state index in [4.69, 9.17) is 0 Å². The highest BCUT2D eigenvalue weighted by Crippen LogP contribution is 2.46. The summed E-state index contributed by atoms with van der Waals surface area (Å²) in [5.74, 6) is -0.691. The van der Waals surface area contributed by atoms with Gasteiger partial charge >= 0.3 is 0 Å². The zero-order valence-electron chi connectivity index (χ0n) is 29.2. The number of imide groups is 1. The van der Waals surface area contributed by atoms with Crippen LogP contribution in [0.3, 0.4) is 0 Å². The van der Waals surface area contributed by atoms with Crippen molar-refractivity contribution in [2.24, 2.45) is 0 Å².